The topological polar surface area (TPSA) is 44.8 Å². The first-order valence-corrected chi connectivity index (χ1v) is 8.64. The van der Waals surface area contributed by atoms with Crippen molar-refractivity contribution in [2.45, 2.75) is 19.4 Å². The van der Waals surface area contributed by atoms with Gasteiger partial charge < -0.3 is 19.9 Å². The van der Waals surface area contributed by atoms with Gasteiger partial charge in [0.05, 0.1) is 6.61 Å². The van der Waals surface area contributed by atoms with Crippen molar-refractivity contribution in [3.05, 3.63) is 35.4 Å². The number of urea groups is 1. The third-order valence-corrected chi connectivity index (χ3v) is 4.56. The molecule has 0 radical (unpaired) electrons. The second-order valence-electron chi connectivity index (χ2n) is 6.55. The van der Waals surface area contributed by atoms with E-state index in [0.717, 1.165) is 38.5 Å². The maximum atomic E-state index is 13.6. The van der Waals surface area contributed by atoms with Crippen LogP contribution in [0.1, 0.15) is 18.4 Å². The Kier molecular flexibility index (Phi) is 7.58. The number of piperidine rings is 1. The molecule has 1 aromatic carbocycles. The van der Waals surface area contributed by atoms with Gasteiger partial charge in [0.25, 0.3) is 0 Å². The first kappa shape index (κ1) is 19.6. The number of ether oxygens (including phenoxy) is 1. The highest BCUT2D eigenvalue weighted by molar-refractivity contribution is 5.73. The number of hydrogen-bond donors (Lipinski definition) is 1. The standard InChI is InChI=1S/C18H27F2N3O2/c1-22(12-14-5-4-8-23(13-14)9-10-25-2)18(24)21-11-15-6-3-7-16(19)17(15)20/h3,6-7,14H,4-5,8-13H2,1-2H3,(H,21,24). The number of methoxy groups -OCH3 is 1. The molecular weight excluding hydrogens is 328 g/mol. The zero-order chi connectivity index (χ0) is 18.2. The molecule has 1 aliphatic rings. The Morgan fingerprint density at radius 2 is 2.24 bits per heavy atom. The molecule has 1 N–H and O–H groups in total. The number of halogens is 2. The molecule has 1 heterocycles. The Morgan fingerprint density at radius 3 is 3.00 bits per heavy atom. The van der Waals surface area contributed by atoms with E-state index in [-0.39, 0.29) is 18.1 Å². The van der Waals surface area contributed by atoms with Gasteiger partial charge in [0.15, 0.2) is 11.6 Å². The summed E-state index contributed by atoms with van der Waals surface area (Å²) in [7, 11) is 3.42. The van der Waals surface area contributed by atoms with E-state index in [0.29, 0.717) is 19.1 Å². The highest BCUT2D eigenvalue weighted by Gasteiger charge is 2.22. The fourth-order valence-electron chi connectivity index (χ4n) is 3.18. The Morgan fingerprint density at radius 1 is 1.44 bits per heavy atom. The minimum Gasteiger partial charge on any atom is -0.383 e. The molecule has 1 fully saturated rings. The van der Waals surface area contributed by atoms with Crippen LogP contribution in [0.15, 0.2) is 18.2 Å². The fraction of sp³-hybridized carbons (Fsp3) is 0.611. The Labute approximate surface area is 147 Å². The van der Waals surface area contributed by atoms with Crippen LogP contribution >= 0.6 is 0 Å². The monoisotopic (exact) mass is 355 g/mol. The van der Waals surface area contributed by atoms with E-state index in [1.54, 1.807) is 19.1 Å². The van der Waals surface area contributed by atoms with Gasteiger partial charge in [-0.15, -0.1) is 0 Å². The molecule has 7 heteroatoms. The van der Waals surface area contributed by atoms with Crippen molar-refractivity contribution in [3.8, 4) is 0 Å². The summed E-state index contributed by atoms with van der Waals surface area (Å²) in [6, 6.07) is 3.68. The van der Waals surface area contributed by atoms with Crippen LogP contribution in [-0.4, -0.2) is 62.8 Å². The van der Waals surface area contributed by atoms with Crippen molar-refractivity contribution < 1.29 is 18.3 Å². The van der Waals surface area contributed by atoms with Gasteiger partial charge in [-0.3, -0.25) is 0 Å². The number of hydrogen-bond acceptors (Lipinski definition) is 3. The molecule has 0 saturated carbocycles. The van der Waals surface area contributed by atoms with Crippen LogP contribution in [0.5, 0.6) is 0 Å². The Balaban J connectivity index is 1.78. The molecule has 5 nitrogen and oxygen atoms in total. The number of amides is 2. The molecule has 1 unspecified atom stereocenters. The van der Waals surface area contributed by atoms with E-state index in [4.69, 9.17) is 4.74 Å². The fourth-order valence-corrected chi connectivity index (χ4v) is 3.18. The number of rotatable bonds is 7. The first-order chi connectivity index (χ1) is 12.0. The van der Waals surface area contributed by atoms with E-state index in [2.05, 4.69) is 10.2 Å². The van der Waals surface area contributed by atoms with Gasteiger partial charge in [-0.2, -0.15) is 0 Å². The first-order valence-electron chi connectivity index (χ1n) is 8.64. The second-order valence-corrected chi connectivity index (χ2v) is 6.55. The quantitative estimate of drug-likeness (QED) is 0.817. The third kappa shape index (κ3) is 5.93. The molecule has 1 aromatic rings. The number of likely N-dealkylation sites (tertiary alicyclic amines) is 1. The molecule has 0 aliphatic carbocycles. The van der Waals surface area contributed by atoms with Crippen LogP contribution in [0.3, 0.4) is 0 Å². The van der Waals surface area contributed by atoms with Crippen molar-refractivity contribution in [2.24, 2.45) is 5.92 Å². The lowest BCUT2D eigenvalue weighted by Gasteiger charge is -2.34. The molecule has 0 bridgehead atoms. The lowest BCUT2D eigenvalue weighted by Crippen LogP contribution is -2.45. The van der Waals surface area contributed by atoms with Gasteiger partial charge in [-0.25, -0.2) is 13.6 Å². The van der Waals surface area contributed by atoms with Crippen LogP contribution in [0, 0.1) is 17.6 Å². The van der Waals surface area contributed by atoms with Crippen molar-refractivity contribution in [3.63, 3.8) is 0 Å². The van der Waals surface area contributed by atoms with Crippen LogP contribution in [0.25, 0.3) is 0 Å². The number of benzene rings is 1. The van der Waals surface area contributed by atoms with Crippen LogP contribution in [-0.2, 0) is 11.3 Å². The summed E-state index contributed by atoms with van der Waals surface area (Å²) in [5.41, 5.74) is 0.144. The zero-order valence-electron chi connectivity index (χ0n) is 14.9. The lowest BCUT2D eigenvalue weighted by atomic mass is 9.97. The van der Waals surface area contributed by atoms with E-state index in [9.17, 15) is 13.6 Å². The van der Waals surface area contributed by atoms with E-state index >= 15 is 0 Å². The maximum Gasteiger partial charge on any atom is 0.317 e. The number of nitrogens with one attached hydrogen (secondary N) is 1. The minimum atomic E-state index is -0.911. The molecule has 0 spiro atoms. The van der Waals surface area contributed by atoms with Crippen LogP contribution < -0.4 is 5.32 Å². The van der Waals surface area contributed by atoms with Gasteiger partial charge in [-0.1, -0.05) is 12.1 Å². The van der Waals surface area contributed by atoms with Gasteiger partial charge in [0.1, 0.15) is 0 Å². The maximum absolute atomic E-state index is 13.6. The van der Waals surface area contributed by atoms with Gasteiger partial charge in [0.2, 0.25) is 0 Å². The lowest BCUT2D eigenvalue weighted by molar-refractivity contribution is 0.105. The molecule has 1 atom stereocenters. The van der Waals surface area contributed by atoms with Crippen molar-refractivity contribution in [1.29, 1.82) is 0 Å². The van der Waals surface area contributed by atoms with Crippen molar-refractivity contribution in [2.75, 3.05) is 46.9 Å². The molecular formula is C18H27F2N3O2. The average Bonchev–Trinajstić information content (AvgIpc) is 2.61. The number of carbonyl (C=O) groups is 1. The van der Waals surface area contributed by atoms with Crippen LogP contribution in [0.2, 0.25) is 0 Å². The highest BCUT2D eigenvalue weighted by Crippen LogP contribution is 2.17. The van der Waals surface area contributed by atoms with E-state index in [1.165, 1.54) is 12.1 Å². The zero-order valence-corrected chi connectivity index (χ0v) is 14.9. The summed E-state index contributed by atoms with van der Waals surface area (Å²) in [6.07, 6.45) is 2.19. The molecule has 25 heavy (non-hydrogen) atoms. The number of carbonyl (C=O) groups excluding carboxylic acids is 1. The normalized spacial score (nSPS) is 18.2. The molecule has 2 rings (SSSR count). The van der Waals surface area contributed by atoms with Gasteiger partial charge in [-0.05, 0) is 31.4 Å². The summed E-state index contributed by atoms with van der Waals surface area (Å²) < 4.78 is 31.9. The van der Waals surface area contributed by atoms with Gasteiger partial charge in [0, 0.05) is 45.9 Å². The Bertz CT molecular complexity index is 571. The highest BCUT2D eigenvalue weighted by atomic mass is 19.2. The molecule has 1 aliphatic heterocycles. The SMILES string of the molecule is COCCN1CCCC(CN(C)C(=O)NCc2cccc(F)c2F)C1. The van der Waals surface area contributed by atoms with E-state index < -0.39 is 11.6 Å². The summed E-state index contributed by atoms with van der Waals surface area (Å²) >= 11 is 0. The molecule has 140 valence electrons. The molecule has 1 saturated heterocycles. The molecule has 2 amide bonds. The van der Waals surface area contributed by atoms with Crippen molar-refractivity contribution in [1.82, 2.24) is 15.1 Å². The van der Waals surface area contributed by atoms with Crippen molar-refractivity contribution >= 4 is 6.03 Å². The third-order valence-electron chi connectivity index (χ3n) is 4.56. The predicted octanol–water partition coefficient (Wildman–Crippen LogP) is 2.46. The largest absolute Gasteiger partial charge is 0.383 e. The predicted molar refractivity (Wildman–Crippen MR) is 92.3 cm³/mol. The molecule has 0 aromatic heterocycles. The summed E-state index contributed by atoms with van der Waals surface area (Å²) in [4.78, 5) is 16.2. The minimum absolute atomic E-state index is 0.0304. The smallest absolute Gasteiger partial charge is 0.317 e. The number of nitrogens with zero attached hydrogens (tertiary/aromatic N) is 2. The Hall–Kier alpha value is -1.73. The van der Waals surface area contributed by atoms with E-state index in [1.807, 2.05) is 0 Å². The van der Waals surface area contributed by atoms with Crippen LogP contribution in [0.4, 0.5) is 13.6 Å². The van der Waals surface area contributed by atoms with Gasteiger partial charge >= 0.3 is 6.03 Å². The summed E-state index contributed by atoms with van der Waals surface area (Å²) in [5, 5.41) is 2.65. The summed E-state index contributed by atoms with van der Waals surface area (Å²) in [6.45, 7) is 4.23. The summed E-state index contributed by atoms with van der Waals surface area (Å²) in [5.74, 6) is -1.41. The second kappa shape index (κ2) is 9.68. The average molecular weight is 355 g/mol.